The summed E-state index contributed by atoms with van der Waals surface area (Å²) in [5.74, 6) is 2.36. The van der Waals surface area contributed by atoms with Crippen LogP contribution in [0.5, 0.6) is 23.0 Å². The van der Waals surface area contributed by atoms with Crippen molar-refractivity contribution >= 4 is 28.1 Å². The van der Waals surface area contributed by atoms with E-state index in [4.69, 9.17) is 18.9 Å². The van der Waals surface area contributed by atoms with Gasteiger partial charge in [-0.2, -0.15) is 5.10 Å². The number of nitrogens with zero attached hydrogens (tertiary/aromatic N) is 1. The number of benzene rings is 3. The van der Waals surface area contributed by atoms with Gasteiger partial charge in [-0.05, 0) is 66.1 Å². The van der Waals surface area contributed by atoms with Crippen molar-refractivity contribution in [1.82, 2.24) is 5.43 Å². The molecule has 0 saturated heterocycles. The van der Waals surface area contributed by atoms with Crippen LogP contribution in [0.25, 0.3) is 0 Å². The molecule has 0 atom stereocenters. The first-order chi connectivity index (χ1) is 16.1. The summed E-state index contributed by atoms with van der Waals surface area (Å²) >= 11 is 3.43. The quantitative estimate of drug-likeness (QED) is 0.329. The number of amides is 1. The molecular weight excluding hydrogens is 488 g/mol. The fourth-order valence-corrected chi connectivity index (χ4v) is 3.45. The predicted octanol–water partition coefficient (Wildman–Crippen LogP) is 4.85. The van der Waals surface area contributed by atoms with Crippen LogP contribution in [0.15, 0.2) is 70.2 Å². The average molecular weight is 511 g/mol. The molecule has 0 spiro atoms. The van der Waals surface area contributed by atoms with Crippen LogP contribution in [0.4, 0.5) is 0 Å². The van der Waals surface area contributed by atoms with E-state index in [1.165, 1.54) is 0 Å². The molecule has 8 heteroatoms. The third-order valence-corrected chi connectivity index (χ3v) is 5.31. The molecule has 0 radical (unpaired) electrons. The Kier molecular flexibility index (Phi) is 7.47. The lowest BCUT2D eigenvalue weighted by Gasteiger charge is -2.12. The minimum atomic E-state index is -0.232. The normalized spacial score (nSPS) is 12.1. The Hall–Kier alpha value is -3.52. The molecule has 1 amide bonds. The third-order valence-electron chi connectivity index (χ3n) is 4.78. The number of hydrogen-bond donors (Lipinski definition) is 1. The van der Waals surface area contributed by atoms with E-state index in [1.807, 2.05) is 55.5 Å². The number of rotatable bonds is 9. The van der Waals surface area contributed by atoms with Crippen molar-refractivity contribution in [2.45, 2.75) is 20.0 Å². The summed E-state index contributed by atoms with van der Waals surface area (Å²) in [6.45, 7) is 3.04. The predicted molar refractivity (Wildman–Crippen MR) is 128 cm³/mol. The van der Waals surface area contributed by atoms with Crippen molar-refractivity contribution in [2.24, 2.45) is 5.10 Å². The van der Waals surface area contributed by atoms with Gasteiger partial charge >= 0.3 is 0 Å². The molecule has 0 unspecified atom stereocenters. The molecule has 1 heterocycles. The van der Waals surface area contributed by atoms with Gasteiger partial charge < -0.3 is 18.9 Å². The van der Waals surface area contributed by atoms with Gasteiger partial charge in [0.15, 0.2) is 23.0 Å². The van der Waals surface area contributed by atoms with E-state index < -0.39 is 0 Å². The number of fused-ring (bicyclic) bond motifs is 1. The number of ether oxygens (including phenoxy) is 4. The van der Waals surface area contributed by atoms with Gasteiger partial charge in [-0.3, -0.25) is 4.79 Å². The molecule has 0 bridgehead atoms. The maximum atomic E-state index is 12.2. The second kappa shape index (κ2) is 10.9. The highest BCUT2D eigenvalue weighted by Crippen LogP contribution is 2.32. The van der Waals surface area contributed by atoms with E-state index in [1.54, 1.807) is 18.3 Å². The fraction of sp³-hybridized carbons (Fsp3) is 0.200. The van der Waals surface area contributed by atoms with E-state index in [2.05, 4.69) is 26.5 Å². The Labute approximate surface area is 200 Å². The largest absolute Gasteiger partial charge is 0.490 e. The van der Waals surface area contributed by atoms with Crippen LogP contribution in [0.1, 0.15) is 23.6 Å². The lowest BCUT2D eigenvalue weighted by atomic mass is 10.1. The van der Waals surface area contributed by atoms with Crippen LogP contribution >= 0.6 is 15.9 Å². The number of halogens is 1. The van der Waals surface area contributed by atoms with Crippen LogP contribution in [0.3, 0.4) is 0 Å². The Morgan fingerprint density at radius 1 is 1.00 bits per heavy atom. The summed E-state index contributed by atoms with van der Waals surface area (Å²) in [6, 6.07) is 18.9. The summed E-state index contributed by atoms with van der Waals surface area (Å²) in [5.41, 5.74) is 5.19. The van der Waals surface area contributed by atoms with Crippen LogP contribution in [-0.2, 0) is 17.8 Å². The van der Waals surface area contributed by atoms with Crippen molar-refractivity contribution in [2.75, 3.05) is 13.4 Å². The molecular formula is C25H23BrN2O5. The first kappa shape index (κ1) is 22.7. The van der Waals surface area contributed by atoms with E-state index in [0.717, 1.165) is 21.2 Å². The number of hydrazone groups is 1. The molecule has 0 saturated carbocycles. The zero-order valence-electron chi connectivity index (χ0n) is 18.0. The number of carbonyl (C=O) groups excluding carboxylic acids is 1. The molecule has 170 valence electrons. The molecule has 1 aliphatic heterocycles. The van der Waals surface area contributed by atoms with Crippen molar-refractivity contribution < 1.29 is 23.7 Å². The maximum absolute atomic E-state index is 12.2. The third kappa shape index (κ3) is 6.26. The van der Waals surface area contributed by atoms with Crippen LogP contribution < -0.4 is 24.4 Å². The molecule has 1 N–H and O–H groups in total. The molecule has 0 fully saturated rings. The van der Waals surface area contributed by atoms with Crippen LogP contribution in [0.2, 0.25) is 0 Å². The highest BCUT2D eigenvalue weighted by molar-refractivity contribution is 9.10. The summed E-state index contributed by atoms with van der Waals surface area (Å²) in [6.07, 6.45) is 1.75. The molecule has 0 aromatic heterocycles. The molecule has 7 nitrogen and oxygen atoms in total. The highest BCUT2D eigenvalue weighted by atomic mass is 79.9. The van der Waals surface area contributed by atoms with Gasteiger partial charge in [0.05, 0.1) is 19.2 Å². The number of hydrogen-bond acceptors (Lipinski definition) is 6. The second-order valence-electron chi connectivity index (χ2n) is 7.21. The number of carbonyl (C=O) groups is 1. The summed E-state index contributed by atoms with van der Waals surface area (Å²) < 4.78 is 23.3. The average Bonchev–Trinajstić information content (AvgIpc) is 3.28. The van der Waals surface area contributed by atoms with Gasteiger partial charge in [0, 0.05) is 4.47 Å². The summed E-state index contributed by atoms with van der Waals surface area (Å²) in [7, 11) is 0. The lowest BCUT2D eigenvalue weighted by molar-refractivity contribution is -0.120. The Morgan fingerprint density at radius 2 is 1.79 bits per heavy atom. The Bertz CT molecular complexity index is 1150. The van der Waals surface area contributed by atoms with E-state index >= 15 is 0 Å². The van der Waals surface area contributed by atoms with Gasteiger partial charge in [0.25, 0.3) is 0 Å². The van der Waals surface area contributed by atoms with Crippen molar-refractivity contribution in [3.8, 4) is 23.0 Å². The van der Waals surface area contributed by atoms with Gasteiger partial charge in [0.1, 0.15) is 6.61 Å². The van der Waals surface area contributed by atoms with Gasteiger partial charge in [0.2, 0.25) is 12.7 Å². The second-order valence-corrected chi connectivity index (χ2v) is 8.13. The molecule has 4 rings (SSSR count). The Balaban J connectivity index is 1.34. The van der Waals surface area contributed by atoms with Crippen molar-refractivity contribution in [1.29, 1.82) is 0 Å². The van der Waals surface area contributed by atoms with E-state index in [-0.39, 0.29) is 19.1 Å². The smallest absolute Gasteiger partial charge is 0.244 e. The standard InChI is InChI=1S/C25H23BrN2O5/c1-2-30-23-12-19(6-10-21(23)31-15-17-3-7-20(26)8-4-17)14-27-28-25(29)13-18-5-9-22-24(11-18)33-16-32-22/h3-12,14H,2,13,15-16H2,1H3,(H,28,29)/b27-14-. The zero-order chi connectivity index (χ0) is 23.0. The van der Waals surface area contributed by atoms with Crippen LogP contribution in [0, 0.1) is 0 Å². The Morgan fingerprint density at radius 3 is 2.61 bits per heavy atom. The van der Waals surface area contributed by atoms with Gasteiger partial charge in [-0.15, -0.1) is 0 Å². The molecule has 0 aliphatic carbocycles. The van der Waals surface area contributed by atoms with Gasteiger partial charge in [-0.25, -0.2) is 5.43 Å². The zero-order valence-corrected chi connectivity index (χ0v) is 19.6. The molecule has 3 aromatic carbocycles. The summed E-state index contributed by atoms with van der Waals surface area (Å²) in [4.78, 5) is 12.2. The van der Waals surface area contributed by atoms with Gasteiger partial charge in [-0.1, -0.05) is 34.1 Å². The monoisotopic (exact) mass is 510 g/mol. The lowest BCUT2D eigenvalue weighted by Crippen LogP contribution is -2.19. The molecule has 1 aliphatic rings. The van der Waals surface area contributed by atoms with E-state index in [9.17, 15) is 4.79 Å². The minimum Gasteiger partial charge on any atom is -0.490 e. The fourth-order valence-electron chi connectivity index (χ4n) is 3.19. The first-order valence-corrected chi connectivity index (χ1v) is 11.2. The minimum absolute atomic E-state index is 0.182. The van der Waals surface area contributed by atoms with Crippen molar-refractivity contribution in [3.63, 3.8) is 0 Å². The maximum Gasteiger partial charge on any atom is 0.244 e. The van der Waals surface area contributed by atoms with Crippen molar-refractivity contribution in [3.05, 3.63) is 81.8 Å². The highest BCUT2D eigenvalue weighted by Gasteiger charge is 2.14. The van der Waals surface area contributed by atoms with Crippen LogP contribution in [-0.4, -0.2) is 25.5 Å². The molecule has 33 heavy (non-hydrogen) atoms. The molecule has 3 aromatic rings. The number of nitrogens with one attached hydrogen (secondary N) is 1. The topological polar surface area (TPSA) is 78.4 Å². The van der Waals surface area contributed by atoms with E-state index in [0.29, 0.717) is 36.2 Å². The SMILES string of the molecule is CCOc1cc(/C=N\NC(=O)Cc2ccc3c(c2)OCO3)ccc1OCc1ccc(Br)cc1. The first-order valence-electron chi connectivity index (χ1n) is 10.4. The summed E-state index contributed by atoms with van der Waals surface area (Å²) in [5, 5.41) is 4.06.